The van der Waals surface area contributed by atoms with Crippen LogP contribution in [0.25, 0.3) is 0 Å². The number of fused-ring (bicyclic) bond motifs is 3. The summed E-state index contributed by atoms with van der Waals surface area (Å²) in [6.45, 7) is 2.79. The third kappa shape index (κ3) is 4.82. The van der Waals surface area contributed by atoms with Crippen molar-refractivity contribution < 1.29 is 18.0 Å². The Morgan fingerprint density at radius 3 is 2.65 bits per heavy atom. The number of likely N-dealkylation sites (N-methyl/N-ethyl adjacent to an activating group) is 1. The van der Waals surface area contributed by atoms with Gasteiger partial charge < -0.3 is 20.0 Å². The third-order valence-corrected chi connectivity index (χ3v) is 6.60. The van der Waals surface area contributed by atoms with E-state index < -0.39 is 17.7 Å². The number of benzene rings is 2. The Labute approximate surface area is 197 Å². The highest BCUT2D eigenvalue weighted by atomic mass is 19.4. The molecule has 34 heavy (non-hydrogen) atoms. The van der Waals surface area contributed by atoms with Crippen molar-refractivity contribution in [2.45, 2.75) is 18.6 Å². The van der Waals surface area contributed by atoms with Gasteiger partial charge in [0.1, 0.15) is 6.07 Å². The van der Waals surface area contributed by atoms with Gasteiger partial charge in [-0.3, -0.25) is 4.79 Å². The first-order valence-corrected chi connectivity index (χ1v) is 11.3. The molecule has 4 rings (SSSR count). The van der Waals surface area contributed by atoms with Gasteiger partial charge in [0.2, 0.25) is 5.91 Å². The summed E-state index contributed by atoms with van der Waals surface area (Å²) in [6, 6.07) is 13.2. The fourth-order valence-corrected chi connectivity index (χ4v) is 4.90. The quantitative estimate of drug-likeness (QED) is 0.726. The minimum atomic E-state index is -4.44. The van der Waals surface area contributed by atoms with Crippen LogP contribution in [0.15, 0.2) is 42.5 Å². The molecular formula is C25H28F3N5O. The van der Waals surface area contributed by atoms with Gasteiger partial charge in [0, 0.05) is 38.4 Å². The monoisotopic (exact) mass is 471 g/mol. The molecule has 2 aliphatic rings. The molecule has 2 heterocycles. The molecule has 1 amide bonds. The van der Waals surface area contributed by atoms with Crippen molar-refractivity contribution in [3.63, 3.8) is 0 Å². The summed E-state index contributed by atoms with van der Waals surface area (Å²) in [5.41, 5.74) is 1.98. The Hall–Kier alpha value is -3.25. The van der Waals surface area contributed by atoms with Crippen molar-refractivity contribution >= 4 is 17.3 Å². The van der Waals surface area contributed by atoms with Gasteiger partial charge in [-0.25, -0.2) is 0 Å². The number of para-hydroxylation sites is 1. The van der Waals surface area contributed by atoms with Crippen LogP contribution in [0, 0.1) is 17.2 Å². The van der Waals surface area contributed by atoms with Crippen molar-refractivity contribution in [2.24, 2.45) is 5.92 Å². The molecule has 1 N–H and O–H groups in total. The van der Waals surface area contributed by atoms with Gasteiger partial charge in [-0.1, -0.05) is 12.1 Å². The Morgan fingerprint density at radius 1 is 1.18 bits per heavy atom. The number of hydrogen-bond donors (Lipinski definition) is 1. The van der Waals surface area contributed by atoms with Crippen LogP contribution in [-0.2, 0) is 17.4 Å². The third-order valence-electron chi connectivity index (χ3n) is 6.60. The van der Waals surface area contributed by atoms with Crippen LogP contribution in [0.1, 0.15) is 16.7 Å². The summed E-state index contributed by atoms with van der Waals surface area (Å²) in [5, 5.41) is 12.5. The lowest BCUT2D eigenvalue weighted by Gasteiger charge is -2.50. The summed E-state index contributed by atoms with van der Waals surface area (Å²) in [6.07, 6.45) is -4.20. The first-order valence-electron chi connectivity index (χ1n) is 11.3. The molecule has 180 valence electrons. The summed E-state index contributed by atoms with van der Waals surface area (Å²) in [7, 11) is 3.82. The number of hydrogen-bond acceptors (Lipinski definition) is 5. The number of nitriles is 1. The molecule has 2 unspecified atom stereocenters. The lowest BCUT2D eigenvalue weighted by Crippen LogP contribution is -2.61. The van der Waals surface area contributed by atoms with Crippen LogP contribution in [0.3, 0.4) is 0 Å². The van der Waals surface area contributed by atoms with E-state index in [1.165, 1.54) is 12.1 Å². The maximum Gasteiger partial charge on any atom is 0.416 e. The number of rotatable bonds is 5. The van der Waals surface area contributed by atoms with E-state index in [9.17, 15) is 23.2 Å². The molecule has 0 radical (unpaired) electrons. The molecule has 1 saturated heterocycles. The normalized spacial score (nSPS) is 19.9. The number of nitrogens with zero attached hydrogens (tertiary/aromatic N) is 4. The lowest BCUT2D eigenvalue weighted by atomic mass is 9.82. The molecule has 0 aromatic heterocycles. The highest BCUT2D eigenvalue weighted by Gasteiger charge is 2.43. The average molecular weight is 472 g/mol. The molecule has 1 fully saturated rings. The van der Waals surface area contributed by atoms with E-state index in [1.807, 2.05) is 37.2 Å². The Balaban J connectivity index is 1.66. The van der Waals surface area contributed by atoms with Crippen LogP contribution in [-0.4, -0.2) is 63.7 Å². The zero-order valence-corrected chi connectivity index (χ0v) is 19.3. The van der Waals surface area contributed by atoms with Crippen LogP contribution < -0.4 is 15.1 Å². The van der Waals surface area contributed by atoms with Crippen LogP contribution in [0.2, 0.25) is 0 Å². The van der Waals surface area contributed by atoms with Gasteiger partial charge in [0.05, 0.1) is 28.8 Å². The van der Waals surface area contributed by atoms with Gasteiger partial charge in [-0.2, -0.15) is 18.4 Å². The standard InChI is InChI=1S/C25H28F3N5O/c1-31(2)10-9-30-24(34)20-14-18-13-19(25(26,27)28)7-8-22(18)33-12-11-32(16-23(20)33)21-6-4-3-5-17(21)15-29/h3-8,13,20,23H,9-12,14,16H2,1-2H3,(H,30,34). The molecule has 2 aromatic carbocycles. The van der Waals surface area contributed by atoms with Crippen LogP contribution in [0.4, 0.5) is 24.5 Å². The van der Waals surface area contributed by atoms with Gasteiger partial charge in [-0.05, 0) is 56.4 Å². The fourth-order valence-electron chi connectivity index (χ4n) is 4.90. The van der Waals surface area contributed by atoms with Gasteiger partial charge in [0.25, 0.3) is 0 Å². The number of carbonyl (C=O) groups is 1. The zero-order chi connectivity index (χ0) is 24.5. The second-order valence-corrected chi connectivity index (χ2v) is 9.08. The molecule has 2 atom stereocenters. The summed E-state index contributed by atoms with van der Waals surface area (Å²) < 4.78 is 40.1. The second-order valence-electron chi connectivity index (χ2n) is 9.08. The van der Waals surface area contributed by atoms with E-state index in [2.05, 4.69) is 21.2 Å². The van der Waals surface area contributed by atoms with E-state index in [0.29, 0.717) is 43.9 Å². The van der Waals surface area contributed by atoms with E-state index in [1.54, 1.807) is 6.07 Å². The van der Waals surface area contributed by atoms with Crippen molar-refractivity contribution in [1.82, 2.24) is 10.2 Å². The van der Waals surface area contributed by atoms with Crippen LogP contribution >= 0.6 is 0 Å². The molecule has 0 bridgehead atoms. The van der Waals surface area contributed by atoms with Gasteiger partial charge >= 0.3 is 6.18 Å². The summed E-state index contributed by atoms with van der Waals surface area (Å²) in [4.78, 5) is 19.4. The highest BCUT2D eigenvalue weighted by molar-refractivity contribution is 5.82. The topological polar surface area (TPSA) is 62.6 Å². The first-order chi connectivity index (χ1) is 16.2. The predicted octanol–water partition coefficient (Wildman–Crippen LogP) is 3.12. The number of nitrogens with one attached hydrogen (secondary N) is 1. The largest absolute Gasteiger partial charge is 0.416 e. The van der Waals surface area contributed by atoms with Gasteiger partial charge in [0.15, 0.2) is 0 Å². The van der Waals surface area contributed by atoms with Gasteiger partial charge in [-0.15, -0.1) is 0 Å². The predicted molar refractivity (Wildman–Crippen MR) is 125 cm³/mol. The number of carbonyl (C=O) groups excluding carboxylic acids is 1. The zero-order valence-electron chi connectivity index (χ0n) is 19.3. The SMILES string of the molecule is CN(C)CCNC(=O)C1Cc2cc(C(F)(F)F)ccc2N2CCN(c3ccccc3C#N)CC12. The molecule has 9 heteroatoms. The van der Waals surface area contributed by atoms with E-state index in [-0.39, 0.29) is 18.4 Å². The van der Waals surface area contributed by atoms with Crippen molar-refractivity contribution in [3.8, 4) is 6.07 Å². The number of halogens is 3. The smallest absolute Gasteiger partial charge is 0.367 e. The summed E-state index contributed by atoms with van der Waals surface area (Å²) in [5.74, 6) is -0.662. The number of anilines is 2. The van der Waals surface area contributed by atoms with E-state index in [4.69, 9.17) is 0 Å². The molecule has 0 aliphatic carbocycles. The highest BCUT2D eigenvalue weighted by Crippen LogP contribution is 2.40. The minimum Gasteiger partial charge on any atom is -0.367 e. The maximum absolute atomic E-state index is 13.4. The van der Waals surface area contributed by atoms with Crippen LogP contribution in [0.5, 0.6) is 0 Å². The number of alkyl halides is 3. The van der Waals surface area contributed by atoms with Crippen molar-refractivity contribution in [1.29, 1.82) is 5.26 Å². The van der Waals surface area contributed by atoms with Crippen molar-refractivity contribution in [2.75, 3.05) is 56.6 Å². The molecular weight excluding hydrogens is 443 g/mol. The molecule has 2 aromatic rings. The lowest BCUT2D eigenvalue weighted by molar-refractivity contribution is -0.137. The molecule has 2 aliphatic heterocycles. The fraction of sp³-hybridized carbons (Fsp3) is 0.440. The maximum atomic E-state index is 13.4. The minimum absolute atomic E-state index is 0.157. The molecule has 6 nitrogen and oxygen atoms in total. The Kier molecular flexibility index (Phi) is 6.71. The molecule has 0 saturated carbocycles. The Bertz CT molecular complexity index is 1090. The molecule has 0 spiro atoms. The number of amides is 1. The Morgan fingerprint density at radius 2 is 1.94 bits per heavy atom. The summed E-state index contributed by atoms with van der Waals surface area (Å²) >= 11 is 0. The van der Waals surface area contributed by atoms with E-state index >= 15 is 0 Å². The first kappa shape index (κ1) is 23.9. The average Bonchev–Trinajstić information content (AvgIpc) is 2.81. The van der Waals surface area contributed by atoms with Crippen molar-refractivity contribution in [3.05, 3.63) is 59.2 Å². The second kappa shape index (κ2) is 9.55. The number of piperazine rings is 1. The van der Waals surface area contributed by atoms with E-state index in [0.717, 1.165) is 17.4 Å².